The SMILES string of the molecule is COP(=O)(OC)[C-](c1ccccc1COC(=O)c1ccccc1)[P+](OC)(OC)OC. The standard InChI is InChI=1S/C20H26O8P2/c1-23-29(22,24-2)20(30(25-3,26-4)27-5)18-14-10-9-13-17(18)15-28-19(21)16-11-7-6-8-12-16/h6-14H,15H2,1-5H3. The van der Waals surface area contributed by atoms with E-state index >= 15 is 0 Å². The van der Waals surface area contributed by atoms with Gasteiger partial charge in [-0.25, -0.2) is 4.79 Å². The van der Waals surface area contributed by atoms with Crippen LogP contribution in [-0.4, -0.2) is 41.5 Å². The molecule has 2 aromatic carbocycles. The van der Waals surface area contributed by atoms with E-state index in [2.05, 4.69) is 0 Å². The fourth-order valence-electron chi connectivity index (χ4n) is 2.84. The van der Waals surface area contributed by atoms with E-state index in [1.54, 1.807) is 48.5 Å². The summed E-state index contributed by atoms with van der Waals surface area (Å²) in [5, 5.41) is 0.0962. The molecule has 2 aromatic rings. The van der Waals surface area contributed by atoms with Crippen molar-refractivity contribution >= 4 is 21.5 Å². The molecule has 0 bridgehead atoms. The lowest BCUT2D eigenvalue weighted by Gasteiger charge is -2.35. The van der Waals surface area contributed by atoms with Crippen molar-refractivity contribution in [2.24, 2.45) is 0 Å². The summed E-state index contributed by atoms with van der Waals surface area (Å²) in [6.07, 6.45) is 0. The van der Waals surface area contributed by atoms with Crippen molar-refractivity contribution in [2.75, 3.05) is 35.5 Å². The van der Waals surface area contributed by atoms with Gasteiger partial charge >= 0.3 is 21.5 Å². The number of carbonyl (C=O) groups is 1. The number of rotatable bonds is 11. The highest BCUT2D eigenvalue weighted by molar-refractivity contribution is 7.81. The largest absolute Gasteiger partial charge is 0.470 e. The Kier molecular flexibility index (Phi) is 9.01. The van der Waals surface area contributed by atoms with Gasteiger partial charge in [-0.05, 0) is 12.1 Å². The average molecular weight is 456 g/mol. The van der Waals surface area contributed by atoms with Gasteiger partial charge in [-0.2, -0.15) is 19.6 Å². The number of hydrogen-bond donors (Lipinski definition) is 0. The first-order chi connectivity index (χ1) is 14.4. The van der Waals surface area contributed by atoms with Gasteiger partial charge in [0.2, 0.25) is 0 Å². The molecule has 0 radical (unpaired) electrons. The monoisotopic (exact) mass is 456 g/mol. The molecule has 30 heavy (non-hydrogen) atoms. The molecular formula is C20H26O8P2. The lowest BCUT2D eigenvalue weighted by Crippen LogP contribution is -2.17. The van der Waals surface area contributed by atoms with Gasteiger partial charge in [0.1, 0.15) is 0 Å². The zero-order chi connectivity index (χ0) is 22.2. The first-order valence-corrected chi connectivity index (χ1v) is 12.0. The Bertz CT molecular complexity index is 854. The van der Waals surface area contributed by atoms with Gasteiger partial charge in [0, 0.05) is 14.2 Å². The number of carbonyl (C=O) groups excluding carboxylic acids is 1. The number of ether oxygens (including phenoxy) is 1. The highest BCUT2D eigenvalue weighted by Gasteiger charge is 2.58. The maximum Gasteiger partial charge on any atom is 0.400 e. The molecule has 0 aliphatic rings. The van der Waals surface area contributed by atoms with Crippen LogP contribution in [0.5, 0.6) is 0 Å². The van der Waals surface area contributed by atoms with Gasteiger partial charge in [0.25, 0.3) is 0 Å². The molecule has 0 amide bonds. The number of benzene rings is 2. The van der Waals surface area contributed by atoms with Crippen molar-refractivity contribution < 1.29 is 36.7 Å². The number of esters is 1. The maximum absolute atomic E-state index is 13.5. The Balaban J connectivity index is 2.48. The van der Waals surface area contributed by atoms with Crippen molar-refractivity contribution in [1.29, 1.82) is 0 Å². The summed E-state index contributed by atoms with van der Waals surface area (Å²) in [4.78, 5) is 12.4. The molecule has 0 atom stereocenters. The highest BCUT2D eigenvalue weighted by atomic mass is 31.3. The molecule has 0 aliphatic heterocycles. The third-order valence-corrected chi connectivity index (χ3v) is 9.74. The van der Waals surface area contributed by atoms with E-state index in [1.807, 2.05) is 6.07 Å². The molecule has 0 aliphatic carbocycles. The zero-order valence-corrected chi connectivity index (χ0v) is 19.4. The summed E-state index contributed by atoms with van der Waals surface area (Å²) >= 11 is 0. The molecule has 0 saturated heterocycles. The molecule has 0 heterocycles. The molecule has 0 N–H and O–H groups in total. The van der Waals surface area contributed by atoms with Crippen LogP contribution in [0.1, 0.15) is 21.5 Å². The predicted molar refractivity (Wildman–Crippen MR) is 114 cm³/mol. The van der Waals surface area contributed by atoms with Crippen LogP contribution < -0.4 is 0 Å². The highest BCUT2D eigenvalue weighted by Crippen LogP contribution is 2.83. The minimum absolute atomic E-state index is 0.0853. The van der Waals surface area contributed by atoms with Crippen molar-refractivity contribution in [2.45, 2.75) is 6.61 Å². The minimum atomic E-state index is -3.87. The van der Waals surface area contributed by atoms with Gasteiger partial charge < -0.3 is 13.8 Å². The second-order valence-corrected chi connectivity index (χ2v) is 10.9. The van der Waals surface area contributed by atoms with Crippen LogP contribution in [0.4, 0.5) is 0 Å². The second-order valence-electron chi connectivity index (χ2n) is 5.83. The molecule has 0 aromatic heterocycles. The first kappa shape index (κ1) is 24.5. The van der Waals surface area contributed by atoms with E-state index < -0.39 is 21.5 Å². The van der Waals surface area contributed by atoms with E-state index in [1.165, 1.54) is 35.5 Å². The van der Waals surface area contributed by atoms with Gasteiger partial charge in [-0.1, -0.05) is 24.3 Å². The average Bonchev–Trinajstić information content (AvgIpc) is 2.81. The Morgan fingerprint density at radius 3 is 1.93 bits per heavy atom. The summed E-state index contributed by atoms with van der Waals surface area (Å²) < 4.78 is 46.1. The Morgan fingerprint density at radius 2 is 1.40 bits per heavy atom. The normalized spacial score (nSPS) is 11.9. The molecule has 0 spiro atoms. The van der Waals surface area contributed by atoms with Gasteiger partial charge in [0.15, 0.2) is 5.40 Å². The third-order valence-electron chi connectivity index (χ3n) is 4.35. The fourth-order valence-corrected chi connectivity index (χ4v) is 7.75. The van der Waals surface area contributed by atoms with Crippen LogP contribution in [0.3, 0.4) is 0 Å². The van der Waals surface area contributed by atoms with Crippen molar-refractivity contribution in [1.82, 2.24) is 0 Å². The van der Waals surface area contributed by atoms with E-state index in [0.717, 1.165) is 0 Å². The van der Waals surface area contributed by atoms with Crippen LogP contribution in [0.15, 0.2) is 54.6 Å². The molecule has 0 unspecified atom stereocenters. The van der Waals surface area contributed by atoms with Crippen LogP contribution >= 0.6 is 15.5 Å². The Labute approximate surface area is 177 Å². The molecule has 0 fully saturated rings. The summed E-state index contributed by atoms with van der Waals surface area (Å²) in [5.74, 6) is -0.486. The molecular weight excluding hydrogens is 430 g/mol. The number of hydrogen-bond acceptors (Lipinski definition) is 8. The van der Waals surface area contributed by atoms with Gasteiger partial charge in [-0.3, -0.25) is 4.57 Å². The Hall–Kier alpha value is -1.76. The smallest absolute Gasteiger partial charge is 0.400 e. The Morgan fingerprint density at radius 1 is 0.867 bits per heavy atom. The molecule has 8 nitrogen and oxygen atoms in total. The van der Waals surface area contributed by atoms with Crippen LogP contribution in [0.25, 0.3) is 0 Å². The first-order valence-electron chi connectivity index (χ1n) is 8.87. The van der Waals surface area contributed by atoms with Crippen molar-refractivity contribution in [3.05, 3.63) is 76.7 Å². The predicted octanol–water partition coefficient (Wildman–Crippen LogP) is 5.07. The van der Waals surface area contributed by atoms with E-state index in [-0.39, 0.29) is 12.0 Å². The van der Waals surface area contributed by atoms with Gasteiger partial charge in [0.05, 0.1) is 33.5 Å². The summed E-state index contributed by atoms with van der Waals surface area (Å²) in [5.41, 5.74) is 1.41. The van der Waals surface area contributed by atoms with E-state index in [9.17, 15) is 9.36 Å². The lowest BCUT2D eigenvalue weighted by atomic mass is 10.1. The van der Waals surface area contributed by atoms with Crippen molar-refractivity contribution in [3.8, 4) is 0 Å². The van der Waals surface area contributed by atoms with E-state index in [4.69, 9.17) is 27.4 Å². The molecule has 2 rings (SSSR count). The summed E-state index contributed by atoms with van der Waals surface area (Å²) in [6.45, 7) is -0.0853. The van der Waals surface area contributed by atoms with Crippen molar-refractivity contribution in [3.63, 3.8) is 0 Å². The van der Waals surface area contributed by atoms with Gasteiger partial charge in [-0.15, -0.1) is 23.3 Å². The fraction of sp³-hybridized carbons (Fsp3) is 0.300. The zero-order valence-electron chi connectivity index (χ0n) is 17.6. The quantitative estimate of drug-likeness (QED) is 0.263. The van der Waals surface area contributed by atoms with Crippen LogP contribution in [-0.2, 0) is 38.5 Å². The topological polar surface area (TPSA) is 89.5 Å². The third kappa shape index (κ3) is 5.10. The molecule has 164 valence electrons. The van der Waals surface area contributed by atoms with Crippen LogP contribution in [0.2, 0.25) is 0 Å². The lowest BCUT2D eigenvalue weighted by molar-refractivity contribution is 0.0472. The van der Waals surface area contributed by atoms with Crippen LogP contribution in [0, 0.1) is 5.40 Å². The maximum atomic E-state index is 13.5. The summed E-state index contributed by atoms with van der Waals surface area (Å²) in [6, 6.07) is 15.6. The molecule has 10 heteroatoms. The minimum Gasteiger partial charge on any atom is -0.470 e. The van der Waals surface area contributed by atoms with E-state index in [0.29, 0.717) is 16.7 Å². The molecule has 0 saturated carbocycles. The summed E-state index contributed by atoms with van der Waals surface area (Å²) in [7, 11) is -0.487. The second kappa shape index (κ2) is 11.0.